The van der Waals surface area contributed by atoms with E-state index in [0.717, 1.165) is 30.8 Å². The highest BCUT2D eigenvalue weighted by atomic mass is 16.5. The molecule has 120 valence electrons. The van der Waals surface area contributed by atoms with Crippen LogP contribution in [0.3, 0.4) is 0 Å². The number of hydrogen-bond acceptors (Lipinski definition) is 2. The minimum atomic E-state index is 0.00468. The Hall–Kier alpha value is -1.77. The monoisotopic (exact) mass is 301 g/mol. The van der Waals surface area contributed by atoms with Gasteiger partial charge in [0.1, 0.15) is 5.75 Å². The Morgan fingerprint density at radius 3 is 2.68 bits per heavy atom. The second-order valence-corrected chi connectivity index (χ2v) is 6.13. The normalized spacial score (nSPS) is 21.7. The highest BCUT2D eigenvalue weighted by Crippen LogP contribution is 2.23. The molecule has 1 aromatic carbocycles. The molecule has 0 aromatic heterocycles. The van der Waals surface area contributed by atoms with Gasteiger partial charge in [-0.25, -0.2) is 0 Å². The molecule has 1 aliphatic rings. The van der Waals surface area contributed by atoms with E-state index in [1.54, 1.807) is 6.08 Å². The predicted molar refractivity (Wildman–Crippen MR) is 90.8 cm³/mol. The Bertz CT molecular complexity index is 493. The molecule has 0 radical (unpaired) electrons. The van der Waals surface area contributed by atoms with Crippen LogP contribution in [0.25, 0.3) is 6.08 Å². The first-order valence-electron chi connectivity index (χ1n) is 8.40. The Morgan fingerprint density at radius 1 is 1.27 bits per heavy atom. The van der Waals surface area contributed by atoms with Gasteiger partial charge in [-0.2, -0.15) is 0 Å². The average molecular weight is 301 g/mol. The van der Waals surface area contributed by atoms with E-state index in [1.807, 2.05) is 30.3 Å². The Labute approximate surface area is 133 Å². The number of rotatable bonds is 6. The molecule has 3 nitrogen and oxygen atoms in total. The molecule has 2 atom stereocenters. The van der Waals surface area contributed by atoms with Gasteiger partial charge in [-0.1, -0.05) is 38.8 Å². The Balaban J connectivity index is 1.83. The van der Waals surface area contributed by atoms with E-state index in [0.29, 0.717) is 12.0 Å². The van der Waals surface area contributed by atoms with Crippen molar-refractivity contribution in [1.29, 1.82) is 0 Å². The van der Waals surface area contributed by atoms with Crippen LogP contribution in [-0.2, 0) is 4.79 Å². The Morgan fingerprint density at radius 2 is 2.00 bits per heavy atom. The van der Waals surface area contributed by atoms with Crippen molar-refractivity contribution in [2.45, 2.75) is 52.0 Å². The highest BCUT2D eigenvalue weighted by Gasteiger charge is 2.21. The van der Waals surface area contributed by atoms with E-state index in [1.165, 1.54) is 19.3 Å². The van der Waals surface area contributed by atoms with Crippen LogP contribution in [0.15, 0.2) is 30.3 Å². The van der Waals surface area contributed by atoms with E-state index in [4.69, 9.17) is 4.74 Å². The molecule has 1 aromatic rings. The summed E-state index contributed by atoms with van der Waals surface area (Å²) in [6, 6.07) is 8.15. The number of carbonyl (C=O) groups is 1. The molecule has 0 heterocycles. The molecule has 1 aliphatic carbocycles. The molecule has 0 aliphatic heterocycles. The predicted octanol–water partition coefficient (Wildman–Crippen LogP) is 4.18. The third-order valence-corrected chi connectivity index (χ3v) is 4.22. The van der Waals surface area contributed by atoms with Crippen LogP contribution in [0.4, 0.5) is 0 Å². The second kappa shape index (κ2) is 8.62. The van der Waals surface area contributed by atoms with Crippen molar-refractivity contribution in [2.24, 2.45) is 5.92 Å². The molecule has 1 saturated carbocycles. The van der Waals surface area contributed by atoms with Gasteiger partial charge >= 0.3 is 0 Å². The quantitative estimate of drug-likeness (QED) is 0.800. The summed E-state index contributed by atoms with van der Waals surface area (Å²) >= 11 is 0. The molecule has 2 unspecified atom stereocenters. The molecule has 0 bridgehead atoms. The van der Waals surface area contributed by atoms with Crippen LogP contribution in [0, 0.1) is 5.92 Å². The zero-order valence-corrected chi connectivity index (χ0v) is 13.7. The SMILES string of the molecule is CCCOc1ccc(/C=C/C(=O)NC2CCCCC2C)cc1. The first kappa shape index (κ1) is 16.6. The zero-order chi connectivity index (χ0) is 15.8. The molecule has 3 heteroatoms. The fourth-order valence-corrected chi connectivity index (χ4v) is 2.83. The standard InChI is InChI=1S/C19H27NO2/c1-3-14-22-17-11-8-16(9-12-17)10-13-19(21)20-18-7-5-4-6-15(18)2/h8-13,15,18H,3-7,14H2,1-2H3,(H,20,21)/b13-10+. The molecule has 1 amide bonds. The van der Waals surface area contributed by atoms with Crippen molar-refractivity contribution in [3.05, 3.63) is 35.9 Å². The van der Waals surface area contributed by atoms with Crippen molar-refractivity contribution in [3.63, 3.8) is 0 Å². The summed E-state index contributed by atoms with van der Waals surface area (Å²) in [5, 5.41) is 3.13. The summed E-state index contributed by atoms with van der Waals surface area (Å²) < 4.78 is 5.54. The lowest BCUT2D eigenvalue weighted by Gasteiger charge is -2.29. The summed E-state index contributed by atoms with van der Waals surface area (Å²) in [7, 11) is 0. The van der Waals surface area contributed by atoms with E-state index in [-0.39, 0.29) is 5.91 Å². The van der Waals surface area contributed by atoms with Gasteiger partial charge in [0, 0.05) is 12.1 Å². The fraction of sp³-hybridized carbons (Fsp3) is 0.526. The van der Waals surface area contributed by atoms with Gasteiger partial charge in [-0.05, 0) is 49.0 Å². The molecular weight excluding hydrogens is 274 g/mol. The number of benzene rings is 1. The van der Waals surface area contributed by atoms with E-state index in [9.17, 15) is 4.79 Å². The second-order valence-electron chi connectivity index (χ2n) is 6.13. The number of carbonyl (C=O) groups excluding carboxylic acids is 1. The molecule has 22 heavy (non-hydrogen) atoms. The molecule has 0 spiro atoms. The highest BCUT2D eigenvalue weighted by molar-refractivity contribution is 5.91. The maximum atomic E-state index is 12.0. The fourth-order valence-electron chi connectivity index (χ4n) is 2.83. The van der Waals surface area contributed by atoms with Gasteiger partial charge in [0.15, 0.2) is 0 Å². The minimum Gasteiger partial charge on any atom is -0.494 e. The first-order chi connectivity index (χ1) is 10.7. The van der Waals surface area contributed by atoms with Crippen LogP contribution in [-0.4, -0.2) is 18.6 Å². The molecule has 2 rings (SSSR count). The summed E-state index contributed by atoms with van der Waals surface area (Å²) in [5.74, 6) is 1.46. The lowest BCUT2D eigenvalue weighted by molar-refractivity contribution is -0.117. The molecule has 1 N–H and O–H groups in total. The van der Waals surface area contributed by atoms with Gasteiger partial charge in [0.05, 0.1) is 6.61 Å². The summed E-state index contributed by atoms with van der Waals surface area (Å²) in [6.45, 7) is 5.04. The third kappa shape index (κ3) is 5.21. The summed E-state index contributed by atoms with van der Waals surface area (Å²) in [4.78, 5) is 12.0. The van der Waals surface area contributed by atoms with Gasteiger partial charge < -0.3 is 10.1 Å². The Kier molecular flexibility index (Phi) is 6.50. The van der Waals surface area contributed by atoms with E-state index < -0.39 is 0 Å². The third-order valence-electron chi connectivity index (χ3n) is 4.22. The maximum absolute atomic E-state index is 12.0. The van der Waals surface area contributed by atoms with Crippen LogP contribution in [0.1, 0.15) is 51.5 Å². The zero-order valence-electron chi connectivity index (χ0n) is 13.7. The number of hydrogen-bond donors (Lipinski definition) is 1. The van der Waals surface area contributed by atoms with Gasteiger partial charge in [0.25, 0.3) is 0 Å². The van der Waals surface area contributed by atoms with Crippen molar-refractivity contribution in [2.75, 3.05) is 6.61 Å². The summed E-state index contributed by atoms with van der Waals surface area (Å²) in [6.07, 6.45) is 9.31. The first-order valence-corrected chi connectivity index (χ1v) is 8.40. The van der Waals surface area contributed by atoms with Crippen LogP contribution >= 0.6 is 0 Å². The summed E-state index contributed by atoms with van der Waals surface area (Å²) in [5.41, 5.74) is 1.01. The number of nitrogens with one attached hydrogen (secondary N) is 1. The van der Waals surface area contributed by atoms with Crippen molar-refractivity contribution >= 4 is 12.0 Å². The van der Waals surface area contributed by atoms with Gasteiger partial charge in [-0.3, -0.25) is 4.79 Å². The van der Waals surface area contributed by atoms with Crippen molar-refractivity contribution in [3.8, 4) is 5.75 Å². The van der Waals surface area contributed by atoms with Gasteiger partial charge in [-0.15, -0.1) is 0 Å². The van der Waals surface area contributed by atoms with Crippen LogP contribution in [0.5, 0.6) is 5.75 Å². The molecular formula is C19H27NO2. The van der Waals surface area contributed by atoms with E-state index in [2.05, 4.69) is 19.2 Å². The topological polar surface area (TPSA) is 38.3 Å². The average Bonchev–Trinajstić information content (AvgIpc) is 2.54. The molecule has 1 fully saturated rings. The lowest BCUT2D eigenvalue weighted by atomic mass is 9.86. The maximum Gasteiger partial charge on any atom is 0.244 e. The number of amides is 1. The largest absolute Gasteiger partial charge is 0.494 e. The smallest absolute Gasteiger partial charge is 0.244 e. The van der Waals surface area contributed by atoms with Crippen LogP contribution < -0.4 is 10.1 Å². The van der Waals surface area contributed by atoms with E-state index >= 15 is 0 Å². The van der Waals surface area contributed by atoms with Crippen LogP contribution in [0.2, 0.25) is 0 Å². The number of ether oxygens (including phenoxy) is 1. The van der Waals surface area contributed by atoms with Gasteiger partial charge in [0.2, 0.25) is 5.91 Å². The lowest BCUT2D eigenvalue weighted by Crippen LogP contribution is -2.40. The molecule has 0 saturated heterocycles. The van der Waals surface area contributed by atoms with Crippen molar-refractivity contribution < 1.29 is 9.53 Å². The minimum absolute atomic E-state index is 0.00468. The van der Waals surface area contributed by atoms with Crippen molar-refractivity contribution in [1.82, 2.24) is 5.32 Å².